The Kier molecular flexibility index (Phi) is 7.56. The minimum Gasteiger partial charge on any atom is -0.458 e. The van der Waals surface area contributed by atoms with E-state index in [9.17, 15) is 4.79 Å². The number of carbonyl (C=O) groups excluding carboxylic acids is 1. The van der Waals surface area contributed by atoms with Crippen LogP contribution >= 0.6 is 0 Å². The van der Waals surface area contributed by atoms with E-state index in [1.807, 2.05) is 33.8 Å². The number of ether oxygens (including phenoxy) is 2. The number of hydrogen-bond acceptors (Lipinski definition) is 4. The zero-order chi connectivity index (χ0) is 13.3. The van der Waals surface area contributed by atoms with Gasteiger partial charge in [0.15, 0.2) is 6.10 Å². The van der Waals surface area contributed by atoms with Crippen LogP contribution in [0.4, 0.5) is 0 Å². The summed E-state index contributed by atoms with van der Waals surface area (Å²) in [6, 6.07) is 2.04. The van der Waals surface area contributed by atoms with E-state index in [4.69, 9.17) is 14.7 Å². The number of hydrogen-bond donors (Lipinski definition) is 0. The maximum absolute atomic E-state index is 11.8. The van der Waals surface area contributed by atoms with Crippen LogP contribution in [0.1, 0.15) is 53.4 Å². The lowest BCUT2D eigenvalue weighted by molar-refractivity contribution is -0.169. The summed E-state index contributed by atoms with van der Waals surface area (Å²) in [6.45, 7) is 7.93. The fraction of sp³-hybridized carbons (Fsp3) is 0.846. The van der Waals surface area contributed by atoms with E-state index in [0.717, 1.165) is 6.42 Å². The molecule has 0 unspecified atom stereocenters. The van der Waals surface area contributed by atoms with Crippen LogP contribution in [0.3, 0.4) is 0 Å². The molecule has 0 aliphatic rings. The molecule has 0 amide bonds. The molecule has 0 bridgehead atoms. The Morgan fingerprint density at radius 3 is 2.53 bits per heavy atom. The summed E-state index contributed by atoms with van der Waals surface area (Å²) in [7, 11) is 0. The van der Waals surface area contributed by atoms with Gasteiger partial charge < -0.3 is 9.47 Å². The second-order valence-corrected chi connectivity index (χ2v) is 4.94. The third-order valence-corrected chi connectivity index (χ3v) is 1.97. The number of nitriles is 1. The van der Waals surface area contributed by atoms with Gasteiger partial charge in [-0.15, -0.1) is 0 Å². The largest absolute Gasteiger partial charge is 0.458 e. The van der Waals surface area contributed by atoms with Gasteiger partial charge in [-0.2, -0.15) is 5.26 Å². The van der Waals surface area contributed by atoms with Gasteiger partial charge in [-0.25, -0.2) is 4.79 Å². The van der Waals surface area contributed by atoms with Crippen molar-refractivity contribution in [2.24, 2.45) is 0 Å². The molecule has 0 aliphatic heterocycles. The molecule has 0 aromatic carbocycles. The van der Waals surface area contributed by atoms with Crippen molar-refractivity contribution in [1.82, 2.24) is 0 Å². The van der Waals surface area contributed by atoms with Crippen LogP contribution < -0.4 is 0 Å². The molecule has 0 rings (SSSR count). The summed E-state index contributed by atoms with van der Waals surface area (Å²) in [4.78, 5) is 11.8. The van der Waals surface area contributed by atoms with Crippen molar-refractivity contribution in [2.75, 3.05) is 6.61 Å². The van der Waals surface area contributed by atoms with Gasteiger partial charge in [0.05, 0.1) is 6.07 Å². The number of esters is 1. The zero-order valence-electron chi connectivity index (χ0n) is 11.3. The van der Waals surface area contributed by atoms with E-state index >= 15 is 0 Å². The Labute approximate surface area is 104 Å². The van der Waals surface area contributed by atoms with Crippen molar-refractivity contribution in [1.29, 1.82) is 5.26 Å². The Bertz CT molecular complexity index is 263. The van der Waals surface area contributed by atoms with Crippen molar-refractivity contribution in [3.8, 4) is 6.07 Å². The minimum atomic E-state index is -0.502. The van der Waals surface area contributed by atoms with Crippen LogP contribution in [-0.2, 0) is 14.3 Å². The summed E-state index contributed by atoms with van der Waals surface area (Å²) in [6.07, 6.45) is 2.12. The first-order chi connectivity index (χ1) is 7.90. The highest BCUT2D eigenvalue weighted by molar-refractivity contribution is 5.75. The average Bonchev–Trinajstić information content (AvgIpc) is 2.20. The highest BCUT2D eigenvalue weighted by atomic mass is 16.6. The monoisotopic (exact) mass is 241 g/mol. The quantitative estimate of drug-likeness (QED) is 0.508. The van der Waals surface area contributed by atoms with E-state index in [-0.39, 0.29) is 5.97 Å². The molecule has 0 heterocycles. The Balaban J connectivity index is 4.13. The maximum atomic E-state index is 11.8. The molecule has 0 saturated carbocycles. The average molecular weight is 241 g/mol. The van der Waals surface area contributed by atoms with E-state index in [2.05, 4.69) is 0 Å². The van der Waals surface area contributed by atoms with E-state index in [1.54, 1.807) is 0 Å². The van der Waals surface area contributed by atoms with Crippen LogP contribution in [0.15, 0.2) is 0 Å². The van der Waals surface area contributed by atoms with Crippen molar-refractivity contribution in [3.63, 3.8) is 0 Å². The lowest BCUT2D eigenvalue weighted by Gasteiger charge is -2.23. The molecular formula is C13H23NO3. The number of carbonyl (C=O) groups is 1. The van der Waals surface area contributed by atoms with Crippen molar-refractivity contribution >= 4 is 5.97 Å². The standard InChI is InChI=1S/C13H23NO3/c1-5-8-11(16-10-7-6-9-14)12(15)17-13(2,3)4/h11H,5-8,10H2,1-4H3/t11-/m1/s1. The molecule has 17 heavy (non-hydrogen) atoms. The molecule has 0 aromatic rings. The van der Waals surface area contributed by atoms with Gasteiger partial charge in [0, 0.05) is 13.0 Å². The lowest BCUT2D eigenvalue weighted by atomic mass is 10.1. The van der Waals surface area contributed by atoms with Gasteiger partial charge in [0.1, 0.15) is 5.60 Å². The fourth-order valence-electron chi connectivity index (χ4n) is 1.28. The molecule has 0 aromatic heterocycles. The van der Waals surface area contributed by atoms with E-state index in [1.165, 1.54) is 0 Å². The van der Waals surface area contributed by atoms with Gasteiger partial charge in [-0.3, -0.25) is 0 Å². The van der Waals surface area contributed by atoms with Crippen molar-refractivity contribution in [2.45, 2.75) is 65.1 Å². The van der Waals surface area contributed by atoms with Gasteiger partial charge in [0.2, 0.25) is 0 Å². The van der Waals surface area contributed by atoms with Crippen LogP contribution in [0.25, 0.3) is 0 Å². The summed E-state index contributed by atoms with van der Waals surface area (Å²) in [5.41, 5.74) is -0.487. The highest BCUT2D eigenvalue weighted by Gasteiger charge is 2.24. The van der Waals surface area contributed by atoms with E-state index in [0.29, 0.717) is 25.9 Å². The van der Waals surface area contributed by atoms with Gasteiger partial charge in [-0.1, -0.05) is 13.3 Å². The van der Waals surface area contributed by atoms with E-state index < -0.39 is 11.7 Å². The molecule has 0 aliphatic carbocycles. The first-order valence-electron chi connectivity index (χ1n) is 6.12. The molecule has 1 atom stereocenters. The number of nitrogens with zero attached hydrogens (tertiary/aromatic N) is 1. The molecule has 4 nitrogen and oxygen atoms in total. The first-order valence-corrected chi connectivity index (χ1v) is 6.12. The Hall–Kier alpha value is -1.08. The smallest absolute Gasteiger partial charge is 0.335 e. The molecule has 98 valence electrons. The van der Waals surface area contributed by atoms with Gasteiger partial charge in [0.25, 0.3) is 0 Å². The fourth-order valence-corrected chi connectivity index (χ4v) is 1.28. The van der Waals surface area contributed by atoms with Crippen LogP contribution in [0.2, 0.25) is 0 Å². The third kappa shape index (κ3) is 8.70. The van der Waals surface area contributed by atoms with Gasteiger partial charge in [-0.05, 0) is 33.6 Å². The van der Waals surface area contributed by atoms with Crippen LogP contribution in [-0.4, -0.2) is 24.3 Å². The lowest BCUT2D eigenvalue weighted by Crippen LogP contribution is -2.33. The number of rotatable bonds is 7. The predicted octanol–water partition coefficient (Wildman–Crippen LogP) is 2.82. The van der Waals surface area contributed by atoms with Crippen molar-refractivity contribution < 1.29 is 14.3 Å². The molecule has 4 heteroatoms. The SMILES string of the molecule is CCC[C@@H](OCCCC#N)C(=O)OC(C)(C)C. The second-order valence-electron chi connectivity index (χ2n) is 4.94. The van der Waals surface area contributed by atoms with Crippen LogP contribution in [0, 0.1) is 11.3 Å². The predicted molar refractivity (Wildman–Crippen MR) is 65.3 cm³/mol. The summed E-state index contributed by atoms with van der Waals surface area (Å²) in [5, 5.41) is 8.40. The third-order valence-electron chi connectivity index (χ3n) is 1.97. The normalized spacial score (nSPS) is 12.9. The molecule has 0 fully saturated rings. The van der Waals surface area contributed by atoms with Crippen molar-refractivity contribution in [3.05, 3.63) is 0 Å². The first kappa shape index (κ1) is 15.9. The molecule has 0 radical (unpaired) electrons. The molecule has 0 N–H and O–H groups in total. The highest BCUT2D eigenvalue weighted by Crippen LogP contribution is 2.13. The Morgan fingerprint density at radius 2 is 2.06 bits per heavy atom. The summed E-state index contributed by atoms with van der Waals surface area (Å²) in [5.74, 6) is -0.309. The number of unbranched alkanes of at least 4 members (excludes halogenated alkanes) is 1. The maximum Gasteiger partial charge on any atom is 0.335 e. The molecular weight excluding hydrogens is 218 g/mol. The van der Waals surface area contributed by atoms with Crippen LogP contribution in [0.5, 0.6) is 0 Å². The zero-order valence-corrected chi connectivity index (χ0v) is 11.3. The minimum absolute atomic E-state index is 0.309. The molecule has 0 spiro atoms. The van der Waals surface area contributed by atoms with Gasteiger partial charge >= 0.3 is 5.97 Å². The summed E-state index contributed by atoms with van der Waals surface area (Å²) < 4.78 is 10.7. The topological polar surface area (TPSA) is 59.3 Å². The molecule has 0 saturated heterocycles. The second kappa shape index (κ2) is 8.08. The Morgan fingerprint density at radius 1 is 1.41 bits per heavy atom. The summed E-state index contributed by atoms with van der Waals surface area (Å²) >= 11 is 0.